The van der Waals surface area contributed by atoms with Crippen LogP contribution in [0.4, 0.5) is 0 Å². The van der Waals surface area contributed by atoms with Crippen LogP contribution in [0, 0.1) is 5.92 Å². The summed E-state index contributed by atoms with van der Waals surface area (Å²) in [6.45, 7) is 2.95. The molecule has 6 nitrogen and oxygen atoms in total. The van der Waals surface area contributed by atoms with Gasteiger partial charge >= 0.3 is 5.97 Å². The molecule has 0 aliphatic carbocycles. The predicted octanol–water partition coefficient (Wildman–Crippen LogP) is 3.99. The van der Waals surface area contributed by atoms with Gasteiger partial charge in [0.05, 0.1) is 18.1 Å². The number of pyridine rings is 1. The fourth-order valence-corrected chi connectivity index (χ4v) is 4.92. The van der Waals surface area contributed by atoms with Crippen molar-refractivity contribution in [1.82, 2.24) is 13.9 Å². The van der Waals surface area contributed by atoms with E-state index in [1.807, 2.05) is 24.4 Å². The highest BCUT2D eigenvalue weighted by Gasteiger charge is 2.21. The van der Waals surface area contributed by atoms with Crippen molar-refractivity contribution < 1.29 is 14.6 Å². The molecule has 1 N–H and O–H groups in total. The summed E-state index contributed by atoms with van der Waals surface area (Å²) in [5, 5.41) is 13.4. The number of nitrogens with zero attached hydrogens (tertiary/aromatic N) is 3. The fourth-order valence-electron chi connectivity index (χ4n) is 3.82. The maximum Gasteiger partial charge on any atom is 0.307 e. The van der Waals surface area contributed by atoms with E-state index in [1.54, 1.807) is 29.8 Å². The first-order valence-electron chi connectivity index (χ1n) is 9.83. The van der Waals surface area contributed by atoms with Crippen LogP contribution in [0.1, 0.15) is 18.4 Å². The Morgan fingerprint density at radius 2 is 2.07 bits per heavy atom. The van der Waals surface area contributed by atoms with Crippen LogP contribution in [-0.2, 0) is 16.0 Å². The number of aliphatic carboxylic acids is 1. The molecule has 29 heavy (non-hydrogen) atoms. The third-order valence-corrected chi connectivity index (χ3v) is 6.52. The zero-order valence-electron chi connectivity index (χ0n) is 16.5. The Balaban J connectivity index is 1.57. The molecule has 0 radical (unpaired) electrons. The van der Waals surface area contributed by atoms with Gasteiger partial charge in [0.1, 0.15) is 0 Å². The number of carboxylic acids is 1. The summed E-state index contributed by atoms with van der Waals surface area (Å²) in [4.78, 5) is 12.4. The normalized spacial score (nSPS) is 15.8. The van der Waals surface area contributed by atoms with E-state index in [0.717, 1.165) is 54.7 Å². The van der Waals surface area contributed by atoms with Crippen LogP contribution in [0.3, 0.4) is 0 Å². The molecule has 1 saturated heterocycles. The minimum Gasteiger partial charge on any atom is -0.481 e. The second-order valence-electron chi connectivity index (χ2n) is 7.40. The highest BCUT2D eigenvalue weighted by Crippen LogP contribution is 2.36. The van der Waals surface area contributed by atoms with E-state index in [9.17, 15) is 4.79 Å². The van der Waals surface area contributed by atoms with Gasteiger partial charge in [0, 0.05) is 43.5 Å². The standard InChI is InChI=1S/C22H25N3O3S/c1-28-15-16-6-9-24(10-7-16)29-21-5-3-2-4-19(21)17-8-11-25-20(12-17)18(14-23-25)13-22(26)27/h2-5,8,11-12,14,16H,6-7,9-10,13,15H2,1H3,(H,26,27). The third kappa shape index (κ3) is 4.63. The lowest BCUT2D eigenvalue weighted by Crippen LogP contribution is -2.30. The minimum absolute atomic E-state index is 0.0280. The van der Waals surface area contributed by atoms with Gasteiger partial charge in [-0.05, 0) is 60.0 Å². The molecule has 0 amide bonds. The van der Waals surface area contributed by atoms with Crippen molar-refractivity contribution in [2.45, 2.75) is 24.2 Å². The Hall–Kier alpha value is -2.35. The van der Waals surface area contributed by atoms with Crippen molar-refractivity contribution in [3.8, 4) is 11.1 Å². The lowest BCUT2D eigenvalue weighted by atomic mass is 9.99. The molecular weight excluding hydrogens is 386 g/mol. The van der Waals surface area contributed by atoms with Gasteiger partial charge < -0.3 is 9.84 Å². The zero-order valence-corrected chi connectivity index (χ0v) is 17.3. The molecule has 4 rings (SSSR count). The van der Waals surface area contributed by atoms with Crippen molar-refractivity contribution in [2.24, 2.45) is 5.92 Å². The van der Waals surface area contributed by atoms with Crippen LogP contribution < -0.4 is 0 Å². The summed E-state index contributed by atoms with van der Waals surface area (Å²) in [5.74, 6) is -0.192. The van der Waals surface area contributed by atoms with Gasteiger partial charge in [-0.25, -0.2) is 8.82 Å². The largest absolute Gasteiger partial charge is 0.481 e. The van der Waals surface area contributed by atoms with Gasteiger partial charge in [-0.2, -0.15) is 5.10 Å². The van der Waals surface area contributed by atoms with E-state index in [-0.39, 0.29) is 6.42 Å². The Morgan fingerprint density at radius 3 is 2.83 bits per heavy atom. The van der Waals surface area contributed by atoms with E-state index in [0.29, 0.717) is 5.92 Å². The van der Waals surface area contributed by atoms with Crippen LogP contribution in [0.2, 0.25) is 0 Å². The summed E-state index contributed by atoms with van der Waals surface area (Å²) < 4.78 is 9.47. The number of aromatic nitrogens is 2. The van der Waals surface area contributed by atoms with Gasteiger partial charge in [-0.3, -0.25) is 4.79 Å². The van der Waals surface area contributed by atoms with E-state index in [4.69, 9.17) is 9.84 Å². The van der Waals surface area contributed by atoms with Crippen molar-refractivity contribution in [1.29, 1.82) is 0 Å². The number of rotatable bonds is 7. The Labute approximate surface area is 174 Å². The quantitative estimate of drug-likeness (QED) is 0.593. The molecule has 1 aliphatic rings. The third-order valence-electron chi connectivity index (χ3n) is 5.34. The first-order valence-corrected chi connectivity index (χ1v) is 10.6. The molecule has 0 spiro atoms. The topological polar surface area (TPSA) is 67.1 Å². The molecule has 3 aromatic rings. The maximum absolute atomic E-state index is 11.2. The summed E-state index contributed by atoms with van der Waals surface area (Å²) in [5.41, 5.74) is 3.79. The van der Waals surface area contributed by atoms with Gasteiger partial charge in [0.2, 0.25) is 0 Å². The molecule has 1 aliphatic heterocycles. The van der Waals surface area contributed by atoms with Gasteiger partial charge in [-0.1, -0.05) is 18.2 Å². The highest BCUT2D eigenvalue weighted by molar-refractivity contribution is 7.97. The first-order chi connectivity index (χ1) is 14.1. The molecule has 0 unspecified atom stereocenters. The average Bonchev–Trinajstić information content (AvgIpc) is 3.11. The van der Waals surface area contributed by atoms with Crippen molar-refractivity contribution in [2.75, 3.05) is 26.8 Å². The second-order valence-corrected chi connectivity index (χ2v) is 8.54. The number of carboxylic acid groups (broad SMARTS) is 1. The lowest BCUT2D eigenvalue weighted by molar-refractivity contribution is -0.136. The number of piperidine rings is 1. The molecule has 0 bridgehead atoms. The van der Waals surface area contributed by atoms with Crippen LogP contribution >= 0.6 is 11.9 Å². The van der Waals surface area contributed by atoms with Crippen LogP contribution in [0.15, 0.2) is 53.7 Å². The summed E-state index contributed by atoms with van der Waals surface area (Å²) in [6.07, 6.45) is 5.82. The van der Waals surface area contributed by atoms with E-state index >= 15 is 0 Å². The number of carbonyl (C=O) groups is 1. The molecule has 0 saturated carbocycles. The van der Waals surface area contributed by atoms with E-state index in [2.05, 4.69) is 27.6 Å². The molecule has 0 atom stereocenters. The molecule has 152 valence electrons. The molecular formula is C22H25N3O3S. The monoisotopic (exact) mass is 411 g/mol. The molecule has 2 aromatic heterocycles. The smallest absolute Gasteiger partial charge is 0.307 e. The SMILES string of the molecule is COCC1CCN(Sc2ccccc2-c2ccn3ncc(CC(=O)O)c3c2)CC1. The second kappa shape index (κ2) is 8.98. The van der Waals surface area contributed by atoms with Gasteiger partial charge in [-0.15, -0.1) is 0 Å². The molecule has 1 fully saturated rings. The highest BCUT2D eigenvalue weighted by atomic mass is 32.2. The summed E-state index contributed by atoms with van der Waals surface area (Å²) >= 11 is 1.80. The average molecular weight is 412 g/mol. The number of ether oxygens (including phenoxy) is 1. The minimum atomic E-state index is -0.849. The van der Waals surface area contributed by atoms with Crippen molar-refractivity contribution in [3.05, 3.63) is 54.4 Å². The molecule has 7 heteroatoms. The van der Waals surface area contributed by atoms with E-state index < -0.39 is 5.97 Å². The fraction of sp³-hybridized carbons (Fsp3) is 0.364. The van der Waals surface area contributed by atoms with Gasteiger partial charge in [0.15, 0.2) is 0 Å². The zero-order chi connectivity index (χ0) is 20.2. The Kier molecular flexibility index (Phi) is 6.18. The Bertz CT molecular complexity index is 996. The lowest BCUT2D eigenvalue weighted by Gasteiger charge is -2.31. The van der Waals surface area contributed by atoms with Crippen LogP contribution in [-0.4, -0.2) is 51.8 Å². The first kappa shape index (κ1) is 19.9. The number of methoxy groups -OCH3 is 1. The Morgan fingerprint density at radius 1 is 1.28 bits per heavy atom. The number of hydrogen-bond donors (Lipinski definition) is 1. The van der Waals surface area contributed by atoms with Gasteiger partial charge in [0.25, 0.3) is 0 Å². The van der Waals surface area contributed by atoms with E-state index in [1.165, 1.54) is 4.90 Å². The number of benzene rings is 1. The summed E-state index contributed by atoms with van der Waals surface area (Å²) in [6, 6.07) is 12.5. The molecule has 3 heterocycles. The van der Waals surface area contributed by atoms with Crippen LogP contribution in [0.25, 0.3) is 16.6 Å². The maximum atomic E-state index is 11.2. The number of fused-ring (bicyclic) bond motifs is 1. The molecule has 1 aromatic carbocycles. The number of hydrogen-bond acceptors (Lipinski definition) is 5. The van der Waals surface area contributed by atoms with Crippen molar-refractivity contribution in [3.63, 3.8) is 0 Å². The van der Waals surface area contributed by atoms with Crippen LogP contribution in [0.5, 0.6) is 0 Å². The predicted molar refractivity (Wildman–Crippen MR) is 114 cm³/mol. The summed E-state index contributed by atoms with van der Waals surface area (Å²) in [7, 11) is 1.77. The van der Waals surface area contributed by atoms with Crippen molar-refractivity contribution >= 4 is 23.4 Å².